The Balaban J connectivity index is 1.72. The van der Waals surface area contributed by atoms with Crippen LogP contribution >= 0.6 is 27.3 Å². The molecule has 0 bridgehead atoms. The van der Waals surface area contributed by atoms with E-state index in [-0.39, 0.29) is 31.7 Å². The number of sulfonamides is 1. The van der Waals surface area contributed by atoms with Crippen LogP contribution in [0.1, 0.15) is 15.2 Å². The minimum Gasteiger partial charge on any atom is -0.506 e. The van der Waals surface area contributed by atoms with E-state index in [0.29, 0.717) is 10.6 Å². The van der Waals surface area contributed by atoms with Gasteiger partial charge in [0.2, 0.25) is 0 Å². The van der Waals surface area contributed by atoms with Crippen LogP contribution in [0.15, 0.2) is 62.9 Å². The third-order valence-electron chi connectivity index (χ3n) is 4.25. The Labute approximate surface area is 182 Å². The summed E-state index contributed by atoms with van der Waals surface area (Å²) in [5.41, 5.74) is 0.139. The van der Waals surface area contributed by atoms with Crippen molar-refractivity contribution in [2.24, 2.45) is 4.99 Å². The summed E-state index contributed by atoms with van der Waals surface area (Å²) in [4.78, 5) is 27.3. The Morgan fingerprint density at radius 3 is 2.47 bits per heavy atom. The van der Waals surface area contributed by atoms with Gasteiger partial charge in [0.25, 0.3) is 15.9 Å². The second-order valence-corrected chi connectivity index (χ2v) is 9.86. The predicted molar refractivity (Wildman–Crippen MR) is 113 cm³/mol. The number of nitrogens with one attached hydrogen (secondary N) is 1. The standard InChI is InChI=1S/C19H11BrN2O6S2/c20-10-3-6-13-12(7-10)16(18(24)21-13)17-14(23)8-15(29-17)22-30(27,28)11-4-1-9(2-5-11)19(25)26/h1-8,22-23H,(H,25,26). The number of thiophene rings is 1. The van der Waals surface area contributed by atoms with Gasteiger partial charge in [-0.15, -0.1) is 11.3 Å². The van der Waals surface area contributed by atoms with Gasteiger partial charge in [0.1, 0.15) is 10.8 Å². The summed E-state index contributed by atoms with van der Waals surface area (Å²) in [6.45, 7) is 0. The number of carboxylic acids is 1. The van der Waals surface area contributed by atoms with Crippen LogP contribution in [-0.4, -0.2) is 30.5 Å². The Morgan fingerprint density at radius 2 is 1.80 bits per heavy atom. The molecule has 1 aliphatic rings. The van der Waals surface area contributed by atoms with E-state index in [4.69, 9.17) is 5.11 Å². The van der Waals surface area contributed by atoms with E-state index < -0.39 is 21.9 Å². The number of hydrogen-bond donors (Lipinski definition) is 3. The second kappa shape index (κ2) is 7.35. The highest BCUT2D eigenvalue weighted by molar-refractivity contribution is 9.10. The Hall–Kier alpha value is -3.02. The molecular formula is C19H11BrN2O6S2. The van der Waals surface area contributed by atoms with Crippen molar-refractivity contribution in [2.45, 2.75) is 4.90 Å². The first kappa shape index (κ1) is 20.3. The largest absolute Gasteiger partial charge is 0.506 e. The van der Waals surface area contributed by atoms with Gasteiger partial charge in [0.15, 0.2) is 0 Å². The second-order valence-electron chi connectivity index (χ2n) is 6.21. The quantitative estimate of drug-likeness (QED) is 0.485. The molecule has 8 nitrogen and oxygen atoms in total. The average Bonchev–Trinajstić information content (AvgIpc) is 3.19. The van der Waals surface area contributed by atoms with Crippen LogP contribution in [0.2, 0.25) is 0 Å². The van der Waals surface area contributed by atoms with Crippen molar-refractivity contribution in [2.75, 3.05) is 4.72 Å². The molecule has 3 N–H and O–H groups in total. The van der Waals surface area contributed by atoms with E-state index in [1.165, 1.54) is 30.3 Å². The number of aromatic carboxylic acids is 1. The van der Waals surface area contributed by atoms with E-state index in [9.17, 15) is 23.1 Å². The molecular weight excluding hydrogens is 496 g/mol. The van der Waals surface area contributed by atoms with E-state index in [2.05, 4.69) is 25.6 Å². The lowest BCUT2D eigenvalue weighted by Crippen LogP contribution is -2.22. The van der Waals surface area contributed by atoms with Gasteiger partial charge < -0.3 is 10.2 Å². The van der Waals surface area contributed by atoms with E-state index in [1.807, 2.05) is 0 Å². The SMILES string of the molecule is O=C1N=c2ccc(Br)cc2=C1c1sc(NS(=O)(=O)c2ccc(C(=O)O)cc2)cc1O. The summed E-state index contributed by atoms with van der Waals surface area (Å²) < 4.78 is 28.3. The smallest absolute Gasteiger partial charge is 0.335 e. The van der Waals surface area contributed by atoms with Crippen molar-refractivity contribution >= 4 is 59.7 Å². The topological polar surface area (TPSA) is 133 Å². The van der Waals surface area contributed by atoms with Gasteiger partial charge in [0.05, 0.1) is 26.3 Å². The van der Waals surface area contributed by atoms with Crippen molar-refractivity contribution < 1.29 is 28.2 Å². The first-order chi connectivity index (χ1) is 14.2. The van der Waals surface area contributed by atoms with Crippen molar-refractivity contribution in [3.05, 3.63) is 74.0 Å². The molecule has 0 aliphatic carbocycles. The van der Waals surface area contributed by atoms with E-state index in [0.717, 1.165) is 15.8 Å². The number of carbonyl (C=O) groups excluding carboxylic acids is 1. The number of rotatable bonds is 5. The molecule has 11 heteroatoms. The molecule has 0 radical (unpaired) electrons. The van der Waals surface area contributed by atoms with Gasteiger partial charge in [-0.05, 0) is 42.5 Å². The number of anilines is 1. The van der Waals surface area contributed by atoms with Gasteiger partial charge in [-0.3, -0.25) is 9.52 Å². The molecule has 2 heterocycles. The van der Waals surface area contributed by atoms with Crippen LogP contribution in [0.25, 0.3) is 5.57 Å². The van der Waals surface area contributed by atoms with Gasteiger partial charge in [-0.25, -0.2) is 18.2 Å². The lowest BCUT2D eigenvalue weighted by Gasteiger charge is -2.06. The van der Waals surface area contributed by atoms with Crippen LogP contribution in [0, 0.1) is 0 Å². The van der Waals surface area contributed by atoms with Gasteiger partial charge >= 0.3 is 5.97 Å². The van der Waals surface area contributed by atoms with Crippen LogP contribution in [-0.2, 0) is 14.8 Å². The molecule has 1 aromatic heterocycles. The fourth-order valence-electron chi connectivity index (χ4n) is 2.88. The molecule has 1 amide bonds. The Morgan fingerprint density at radius 1 is 1.10 bits per heavy atom. The third-order valence-corrected chi connectivity index (χ3v) is 7.31. The summed E-state index contributed by atoms with van der Waals surface area (Å²) >= 11 is 4.23. The maximum Gasteiger partial charge on any atom is 0.335 e. The molecule has 3 aromatic rings. The number of hydrogen-bond acceptors (Lipinski definition) is 6. The number of nitrogens with zero attached hydrogens (tertiary/aromatic N) is 1. The number of carbonyl (C=O) groups is 2. The maximum absolute atomic E-state index is 12.6. The number of benzene rings is 2. The average molecular weight is 507 g/mol. The van der Waals surface area contributed by atoms with Crippen molar-refractivity contribution in [1.82, 2.24) is 0 Å². The molecule has 0 fully saturated rings. The van der Waals surface area contributed by atoms with Crippen LogP contribution in [0.3, 0.4) is 0 Å². The highest BCUT2D eigenvalue weighted by Gasteiger charge is 2.25. The van der Waals surface area contributed by atoms with Gasteiger partial charge in [-0.2, -0.15) is 0 Å². The zero-order chi connectivity index (χ0) is 21.6. The van der Waals surface area contributed by atoms with Crippen molar-refractivity contribution in [3.63, 3.8) is 0 Å². The van der Waals surface area contributed by atoms with Crippen molar-refractivity contribution in [3.8, 4) is 5.75 Å². The summed E-state index contributed by atoms with van der Waals surface area (Å²) in [7, 11) is -4.03. The van der Waals surface area contributed by atoms with Crippen LogP contribution < -0.4 is 15.3 Å². The Bertz CT molecular complexity index is 1440. The number of fused-ring (bicyclic) bond motifs is 1. The van der Waals surface area contributed by atoms with Crippen LogP contribution in [0.4, 0.5) is 5.00 Å². The van der Waals surface area contributed by atoms with Gasteiger partial charge in [0, 0.05) is 15.8 Å². The first-order valence-electron chi connectivity index (χ1n) is 8.28. The lowest BCUT2D eigenvalue weighted by atomic mass is 10.1. The minimum atomic E-state index is -4.03. The number of carboxylic acid groups (broad SMARTS) is 1. The number of aromatic hydroxyl groups is 1. The first-order valence-corrected chi connectivity index (χ1v) is 11.4. The number of amides is 1. The van der Waals surface area contributed by atoms with E-state index in [1.54, 1.807) is 18.2 Å². The highest BCUT2D eigenvalue weighted by Crippen LogP contribution is 2.38. The molecule has 30 heavy (non-hydrogen) atoms. The zero-order valence-corrected chi connectivity index (χ0v) is 18.0. The molecule has 0 unspecified atom stereocenters. The predicted octanol–water partition coefficient (Wildman–Crippen LogP) is 2.07. The summed E-state index contributed by atoms with van der Waals surface area (Å²) in [6, 6.07) is 11.0. The van der Waals surface area contributed by atoms with E-state index >= 15 is 0 Å². The summed E-state index contributed by atoms with van der Waals surface area (Å²) in [5, 5.41) is 20.4. The molecule has 0 atom stereocenters. The van der Waals surface area contributed by atoms with Crippen LogP contribution in [0.5, 0.6) is 5.75 Å². The Kier molecular flexibility index (Phi) is 4.96. The summed E-state index contributed by atoms with van der Waals surface area (Å²) in [5.74, 6) is -1.96. The molecule has 1 aliphatic heterocycles. The third kappa shape index (κ3) is 3.62. The molecule has 0 spiro atoms. The molecule has 0 saturated heterocycles. The molecule has 152 valence electrons. The fraction of sp³-hybridized carbons (Fsp3) is 0. The number of halogens is 1. The summed E-state index contributed by atoms with van der Waals surface area (Å²) in [6.07, 6.45) is 0. The monoisotopic (exact) mass is 506 g/mol. The highest BCUT2D eigenvalue weighted by atomic mass is 79.9. The molecule has 4 rings (SSSR count). The fourth-order valence-corrected chi connectivity index (χ4v) is 5.53. The van der Waals surface area contributed by atoms with Gasteiger partial charge in [-0.1, -0.05) is 15.9 Å². The zero-order valence-electron chi connectivity index (χ0n) is 14.8. The maximum atomic E-state index is 12.6. The minimum absolute atomic E-state index is 0.0465. The van der Waals surface area contributed by atoms with Crippen molar-refractivity contribution in [1.29, 1.82) is 0 Å². The molecule has 0 saturated carbocycles. The lowest BCUT2D eigenvalue weighted by molar-refractivity contribution is -0.112. The molecule has 2 aromatic carbocycles. The normalized spacial score (nSPS) is 13.1.